The number of methoxy groups -OCH3 is 1. The van der Waals surface area contributed by atoms with E-state index in [2.05, 4.69) is 5.43 Å². The fraction of sp³-hybridized carbons (Fsp3) is 0.143. The van der Waals surface area contributed by atoms with Crippen LogP contribution in [0.15, 0.2) is 12.1 Å². The summed E-state index contributed by atoms with van der Waals surface area (Å²) in [6.45, 7) is 0. The lowest BCUT2D eigenvalue weighted by Gasteiger charge is -2.07. The molecule has 0 atom stereocenters. The van der Waals surface area contributed by atoms with Gasteiger partial charge in [-0.1, -0.05) is 0 Å². The summed E-state index contributed by atoms with van der Waals surface area (Å²) in [4.78, 5) is 0. The van der Waals surface area contributed by atoms with Gasteiger partial charge in [0, 0.05) is 12.1 Å². The van der Waals surface area contributed by atoms with Gasteiger partial charge in [0.2, 0.25) is 5.75 Å². The summed E-state index contributed by atoms with van der Waals surface area (Å²) in [5, 5.41) is 18.3. The highest BCUT2D eigenvalue weighted by atomic mass is 16.5. The van der Waals surface area contributed by atoms with Gasteiger partial charge >= 0.3 is 0 Å². The molecule has 1 rings (SSSR count). The van der Waals surface area contributed by atoms with Crippen molar-refractivity contribution in [3.8, 4) is 17.2 Å². The molecular formula is C7H10N2O3. The molecule has 0 radical (unpaired) electrons. The third-order valence-corrected chi connectivity index (χ3v) is 1.44. The molecule has 0 saturated carbocycles. The Labute approximate surface area is 69.4 Å². The number of benzene rings is 1. The zero-order valence-corrected chi connectivity index (χ0v) is 6.53. The number of anilines is 1. The molecule has 5 heteroatoms. The molecule has 12 heavy (non-hydrogen) atoms. The normalized spacial score (nSPS) is 9.50. The van der Waals surface area contributed by atoms with Gasteiger partial charge in [-0.3, -0.25) is 5.84 Å². The smallest absolute Gasteiger partial charge is 0.200 e. The maximum atomic E-state index is 9.17. The van der Waals surface area contributed by atoms with Gasteiger partial charge in [0.1, 0.15) is 0 Å². The molecule has 0 amide bonds. The number of phenolic OH excluding ortho intramolecular Hbond substituents is 2. The Morgan fingerprint density at radius 2 is 2.08 bits per heavy atom. The van der Waals surface area contributed by atoms with Gasteiger partial charge in [0.15, 0.2) is 11.5 Å². The van der Waals surface area contributed by atoms with Crippen LogP contribution in [0.5, 0.6) is 17.2 Å². The molecule has 0 heterocycles. The fourth-order valence-corrected chi connectivity index (χ4v) is 0.832. The monoisotopic (exact) mass is 170 g/mol. The predicted octanol–water partition coefficient (Wildman–Crippen LogP) is 0.392. The molecule has 5 nitrogen and oxygen atoms in total. The Bertz CT molecular complexity index is 288. The minimum atomic E-state index is -0.295. The van der Waals surface area contributed by atoms with Crippen LogP contribution in [-0.4, -0.2) is 17.3 Å². The second-order valence-corrected chi connectivity index (χ2v) is 2.19. The van der Waals surface area contributed by atoms with Gasteiger partial charge in [-0.2, -0.15) is 0 Å². The van der Waals surface area contributed by atoms with E-state index in [9.17, 15) is 5.11 Å². The van der Waals surface area contributed by atoms with E-state index in [1.54, 1.807) is 0 Å². The summed E-state index contributed by atoms with van der Waals surface area (Å²) in [6.07, 6.45) is 0. The molecule has 66 valence electrons. The molecule has 5 N–H and O–H groups in total. The molecule has 0 saturated heterocycles. The Balaban J connectivity index is 3.19. The quantitative estimate of drug-likeness (QED) is 0.223. The third kappa shape index (κ3) is 1.35. The average Bonchev–Trinajstić information content (AvgIpc) is 2.09. The molecule has 0 aromatic heterocycles. The van der Waals surface area contributed by atoms with Gasteiger partial charge in [0.05, 0.1) is 12.8 Å². The predicted molar refractivity (Wildman–Crippen MR) is 44.1 cm³/mol. The van der Waals surface area contributed by atoms with E-state index >= 15 is 0 Å². The zero-order valence-electron chi connectivity index (χ0n) is 6.53. The van der Waals surface area contributed by atoms with Crippen LogP contribution in [0, 0.1) is 0 Å². The minimum Gasteiger partial charge on any atom is -0.504 e. The SMILES string of the molecule is COc1cc(NN)cc(O)c1O. The maximum absolute atomic E-state index is 9.17. The second kappa shape index (κ2) is 3.19. The van der Waals surface area contributed by atoms with Crippen molar-refractivity contribution in [2.75, 3.05) is 12.5 Å². The van der Waals surface area contributed by atoms with Crippen molar-refractivity contribution in [3.05, 3.63) is 12.1 Å². The highest BCUT2D eigenvalue weighted by Crippen LogP contribution is 2.37. The fourth-order valence-electron chi connectivity index (χ4n) is 0.832. The van der Waals surface area contributed by atoms with Crippen molar-refractivity contribution in [1.29, 1.82) is 0 Å². The summed E-state index contributed by atoms with van der Waals surface area (Å²) in [5.41, 5.74) is 2.78. The molecule has 0 aliphatic heterocycles. The topological polar surface area (TPSA) is 87.7 Å². The number of hydrogen-bond donors (Lipinski definition) is 4. The zero-order chi connectivity index (χ0) is 9.14. The van der Waals surface area contributed by atoms with Crippen LogP contribution in [0.4, 0.5) is 5.69 Å². The molecule has 0 bridgehead atoms. The molecule has 1 aromatic carbocycles. The van der Waals surface area contributed by atoms with E-state index in [1.165, 1.54) is 19.2 Å². The Morgan fingerprint density at radius 1 is 1.42 bits per heavy atom. The van der Waals surface area contributed by atoms with E-state index < -0.39 is 0 Å². The van der Waals surface area contributed by atoms with Crippen molar-refractivity contribution < 1.29 is 14.9 Å². The number of phenols is 2. The number of hydrazine groups is 1. The van der Waals surface area contributed by atoms with Gasteiger partial charge in [0.25, 0.3) is 0 Å². The number of hydrogen-bond acceptors (Lipinski definition) is 5. The molecule has 1 aromatic rings. The van der Waals surface area contributed by atoms with Gasteiger partial charge < -0.3 is 20.4 Å². The first-order chi connectivity index (χ1) is 5.69. The highest BCUT2D eigenvalue weighted by Gasteiger charge is 2.08. The average molecular weight is 170 g/mol. The van der Waals surface area contributed by atoms with Crippen LogP contribution in [0.1, 0.15) is 0 Å². The number of ether oxygens (including phenoxy) is 1. The van der Waals surface area contributed by atoms with Crippen molar-refractivity contribution in [1.82, 2.24) is 0 Å². The number of nitrogens with one attached hydrogen (secondary N) is 1. The number of nitrogens with two attached hydrogens (primary N) is 1. The standard InChI is InChI=1S/C7H10N2O3/c1-12-6-3-4(9-8)2-5(10)7(6)11/h2-3,9-11H,8H2,1H3. The minimum absolute atomic E-state index is 0.169. The van der Waals surface area contributed by atoms with Gasteiger partial charge in [-0.25, -0.2) is 0 Å². The molecular weight excluding hydrogens is 160 g/mol. The molecule has 0 spiro atoms. The van der Waals surface area contributed by atoms with Crippen molar-refractivity contribution >= 4 is 5.69 Å². The van der Waals surface area contributed by atoms with Crippen LogP contribution < -0.4 is 16.0 Å². The Kier molecular flexibility index (Phi) is 2.25. The van der Waals surface area contributed by atoms with Gasteiger partial charge in [-0.05, 0) is 0 Å². The molecule has 0 aliphatic rings. The summed E-state index contributed by atoms with van der Waals surface area (Å²) in [7, 11) is 1.38. The number of rotatable bonds is 2. The van der Waals surface area contributed by atoms with Crippen LogP contribution >= 0.6 is 0 Å². The lowest BCUT2D eigenvalue weighted by atomic mass is 10.2. The van der Waals surface area contributed by atoms with E-state index in [0.29, 0.717) is 5.69 Å². The molecule has 0 fully saturated rings. The van der Waals surface area contributed by atoms with Crippen molar-refractivity contribution in [2.45, 2.75) is 0 Å². The van der Waals surface area contributed by atoms with Crippen LogP contribution in [0.3, 0.4) is 0 Å². The first-order valence-electron chi connectivity index (χ1n) is 3.25. The lowest BCUT2D eigenvalue weighted by Crippen LogP contribution is -2.06. The van der Waals surface area contributed by atoms with Crippen LogP contribution in [0.2, 0.25) is 0 Å². The Hall–Kier alpha value is -1.62. The largest absolute Gasteiger partial charge is 0.504 e. The molecule has 0 unspecified atom stereocenters. The summed E-state index contributed by atoms with van der Waals surface area (Å²) >= 11 is 0. The van der Waals surface area contributed by atoms with E-state index in [0.717, 1.165) is 0 Å². The highest BCUT2D eigenvalue weighted by molar-refractivity contribution is 5.60. The summed E-state index contributed by atoms with van der Waals surface area (Å²) in [5.74, 6) is 4.69. The summed E-state index contributed by atoms with van der Waals surface area (Å²) in [6, 6.07) is 2.76. The summed E-state index contributed by atoms with van der Waals surface area (Å²) < 4.78 is 4.76. The van der Waals surface area contributed by atoms with Gasteiger partial charge in [-0.15, -0.1) is 0 Å². The van der Waals surface area contributed by atoms with E-state index in [-0.39, 0.29) is 17.2 Å². The second-order valence-electron chi connectivity index (χ2n) is 2.19. The third-order valence-electron chi connectivity index (χ3n) is 1.44. The van der Waals surface area contributed by atoms with Crippen LogP contribution in [-0.2, 0) is 0 Å². The van der Waals surface area contributed by atoms with Crippen molar-refractivity contribution in [3.63, 3.8) is 0 Å². The van der Waals surface area contributed by atoms with E-state index in [1.807, 2.05) is 0 Å². The first-order valence-corrected chi connectivity index (χ1v) is 3.25. The number of nitrogen functional groups attached to an aromatic ring is 1. The Morgan fingerprint density at radius 3 is 2.58 bits per heavy atom. The lowest BCUT2D eigenvalue weighted by molar-refractivity contribution is 0.351. The number of aromatic hydroxyl groups is 2. The van der Waals surface area contributed by atoms with Crippen LogP contribution in [0.25, 0.3) is 0 Å². The maximum Gasteiger partial charge on any atom is 0.200 e. The molecule has 0 aliphatic carbocycles. The van der Waals surface area contributed by atoms with E-state index in [4.69, 9.17) is 15.7 Å². The first kappa shape index (κ1) is 8.48. The van der Waals surface area contributed by atoms with Crippen molar-refractivity contribution in [2.24, 2.45) is 5.84 Å².